The molecular weight excluding hydrogens is 622 g/mol. The van der Waals surface area contributed by atoms with Crippen molar-refractivity contribution in [2.75, 3.05) is 13.2 Å². The zero-order chi connectivity index (χ0) is 31.7. The van der Waals surface area contributed by atoms with Gasteiger partial charge in [0.05, 0.1) is 13.2 Å². The van der Waals surface area contributed by atoms with E-state index in [4.69, 9.17) is 20.9 Å². The van der Waals surface area contributed by atoms with Gasteiger partial charge in [0.25, 0.3) is 15.6 Å². The van der Waals surface area contributed by atoms with Gasteiger partial charge in [-0.2, -0.15) is 0 Å². The van der Waals surface area contributed by atoms with Gasteiger partial charge in [0.2, 0.25) is 11.8 Å². The molecule has 0 aromatic carbocycles. The maximum atomic E-state index is 12.2. The van der Waals surface area contributed by atoms with Crippen molar-refractivity contribution in [3.05, 3.63) is 48.1 Å². The SMILES string of the molecule is NC(=O)C1=CN([C@@H]2O[C@H](COP(=O)([O-])OP(=O)([O-])OC[C@H]3O[C@H](N4C=CCC(C(N)=O)=C4)[C@H](O)[C@@H]3O)[C@@H](O)[C@H]2O)C=CC1. The first-order chi connectivity index (χ1) is 20.1. The first-order valence-electron chi connectivity index (χ1n) is 12.6. The Hall–Kier alpha value is -2.48. The predicted octanol–water partition coefficient (Wildman–Crippen LogP) is -3.96. The summed E-state index contributed by atoms with van der Waals surface area (Å²) in [5.74, 6) is -1.45. The summed E-state index contributed by atoms with van der Waals surface area (Å²) in [6, 6.07) is 0. The Bertz CT molecular complexity index is 1210. The molecule has 2 amide bonds. The van der Waals surface area contributed by atoms with E-state index in [1.165, 1.54) is 46.8 Å². The van der Waals surface area contributed by atoms with Gasteiger partial charge in [-0.05, 0) is 12.8 Å². The van der Waals surface area contributed by atoms with E-state index in [2.05, 4.69) is 13.4 Å². The fourth-order valence-electron chi connectivity index (χ4n) is 4.52. The lowest BCUT2D eigenvalue weighted by atomic mass is 10.1. The number of allylic oxidation sites excluding steroid dienone is 2. The standard InChI is InChI=1S/C22H32N4O15P2/c23-19(31)11-3-1-5-25(7-11)21-17(29)15(27)13(39-21)9-37-42(33,34)41-43(35,36)38-10-14-16(28)18(30)22(40-14)26-6-2-4-12(8-26)20(24)32/h1-2,5-8,13-18,21-22,27-30H,3-4,9-10H2,(H2,23,31)(H2,24,32)(H,33,34)(H,35,36)/p-2/t13-,14-,15-,16-,17-,18-,21-,22+/m1/s1. The molecular formula is C22H30N4O15P2-2. The van der Waals surface area contributed by atoms with Crippen molar-refractivity contribution in [1.82, 2.24) is 9.80 Å². The third kappa shape index (κ3) is 7.98. The molecule has 43 heavy (non-hydrogen) atoms. The van der Waals surface area contributed by atoms with E-state index in [0.29, 0.717) is 0 Å². The van der Waals surface area contributed by atoms with Crippen molar-refractivity contribution < 1.29 is 71.8 Å². The molecule has 19 nitrogen and oxygen atoms in total. The number of primary amides is 2. The van der Waals surface area contributed by atoms with Gasteiger partial charge in [0.15, 0.2) is 12.5 Å². The first-order valence-corrected chi connectivity index (χ1v) is 15.6. The predicted molar refractivity (Wildman–Crippen MR) is 135 cm³/mol. The fourth-order valence-corrected chi connectivity index (χ4v) is 6.54. The van der Waals surface area contributed by atoms with Crippen LogP contribution < -0.4 is 21.3 Å². The fraction of sp³-hybridized carbons (Fsp3) is 0.545. The summed E-state index contributed by atoms with van der Waals surface area (Å²) in [5.41, 5.74) is 10.9. The van der Waals surface area contributed by atoms with Gasteiger partial charge in [-0.25, -0.2) is 4.31 Å². The highest BCUT2D eigenvalue weighted by Gasteiger charge is 2.47. The number of hydrogen-bond donors (Lipinski definition) is 6. The quantitative estimate of drug-likeness (QED) is 0.110. The van der Waals surface area contributed by atoms with E-state index in [1.807, 2.05) is 0 Å². The number of aliphatic hydroxyl groups excluding tert-OH is 4. The molecule has 4 heterocycles. The van der Waals surface area contributed by atoms with E-state index in [9.17, 15) is 48.9 Å². The summed E-state index contributed by atoms with van der Waals surface area (Å²) in [6.45, 7) is -1.97. The van der Waals surface area contributed by atoms with Crippen molar-refractivity contribution in [3.63, 3.8) is 0 Å². The smallest absolute Gasteiger partial charge is 0.274 e. The van der Waals surface area contributed by atoms with Crippen molar-refractivity contribution in [1.29, 1.82) is 0 Å². The number of ether oxygens (including phenoxy) is 2. The number of aliphatic hydroxyl groups is 4. The monoisotopic (exact) mass is 652 g/mol. The molecule has 0 bridgehead atoms. The lowest BCUT2D eigenvalue weighted by Gasteiger charge is -2.32. The molecule has 240 valence electrons. The summed E-state index contributed by atoms with van der Waals surface area (Å²) in [6.07, 6.45) is -3.13. The van der Waals surface area contributed by atoms with E-state index < -0.39 is 89.8 Å². The van der Waals surface area contributed by atoms with Gasteiger partial charge in [-0.1, -0.05) is 12.2 Å². The van der Waals surface area contributed by atoms with Gasteiger partial charge in [-0.3, -0.25) is 18.7 Å². The summed E-state index contributed by atoms with van der Waals surface area (Å²) >= 11 is 0. The second kappa shape index (κ2) is 13.3. The second-order valence-corrected chi connectivity index (χ2v) is 12.7. The van der Waals surface area contributed by atoms with Crippen LogP contribution in [0.5, 0.6) is 0 Å². The molecule has 4 aliphatic heterocycles. The van der Waals surface area contributed by atoms with Gasteiger partial charge in [-0.15, -0.1) is 0 Å². The van der Waals surface area contributed by atoms with Crippen molar-refractivity contribution >= 4 is 27.5 Å². The zero-order valence-corrected chi connectivity index (χ0v) is 23.9. The Labute approximate surface area is 244 Å². The van der Waals surface area contributed by atoms with Gasteiger partial charge in [0, 0.05) is 35.9 Å². The summed E-state index contributed by atoms with van der Waals surface area (Å²) in [4.78, 5) is 49.8. The van der Waals surface area contributed by atoms with E-state index in [-0.39, 0.29) is 24.0 Å². The molecule has 21 heteroatoms. The van der Waals surface area contributed by atoms with Crippen molar-refractivity contribution in [2.45, 2.75) is 61.9 Å². The molecule has 2 fully saturated rings. The van der Waals surface area contributed by atoms with Crippen LogP contribution in [0.1, 0.15) is 12.8 Å². The normalized spacial score (nSPS) is 35.3. The molecule has 0 radical (unpaired) electrons. The van der Waals surface area contributed by atoms with Crippen LogP contribution in [0.3, 0.4) is 0 Å². The molecule has 8 N–H and O–H groups in total. The van der Waals surface area contributed by atoms with Crippen LogP contribution in [0.25, 0.3) is 0 Å². The third-order valence-electron chi connectivity index (χ3n) is 6.73. The largest absolute Gasteiger partial charge is 0.756 e. The van der Waals surface area contributed by atoms with Crippen LogP contribution in [-0.2, 0) is 41.6 Å². The minimum absolute atomic E-state index is 0.175. The maximum Gasteiger partial charge on any atom is 0.274 e. The lowest BCUT2D eigenvalue weighted by molar-refractivity contribution is -0.247. The summed E-state index contributed by atoms with van der Waals surface area (Å²) in [5, 5.41) is 41.3. The molecule has 0 aromatic heterocycles. The number of hydrogen-bond acceptors (Lipinski definition) is 17. The third-order valence-corrected chi connectivity index (χ3v) is 9.26. The number of carbonyl (C=O) groups is 2. The zero-order valence-electron chi connectivity index (χ0n) is 22.1. The minimum atomic E-state index is -5.67. The van der Waals surface area contributed by atoms with Gasteiger partial charge >= 0.3 is 0 Å². The molecule has 0 aromatic rings. The van der Waals surface area contributed by atoms with E-state index >= 15 is 0 Å². The Balaban J connectivity index is 1.29. The molecule has 4 aliphatic rings. The molecule has 0 spiro atoms. The number of phosphoric ester groups is 2. The van der Waals surface area contributed by atoms with Crippen molar-refractivity contribution in [2.24, 2.45) is 11.5 Å². The molecule has 4 rings (SSSR count). The van der Waals surface area contributed by atoms with Crippen LogP contribution in [0.2, 0.25) is 0 Å². The number of rotatable bonds is 12. The molecule has 2 unspecified atom stereocenters. The molecule has 0 aliphatic carbocycles. The molecule has 0 saturated carbocycles. The van der Waals surface area contributed by atoms with Crippen molar-refractivity contribution in [3.8, 4) is 0 Å². The highest BCUT2D eigenvalue weighted by molar-refractivity contribution is 7.59. The van der Waals surface area contributed by atoms with Gasteiger partial charge < -0.3 is 70.0 Å². The Kier molecular flexibility index (Phi) is 10.3. The molecule has 10 atom stereocenters. The second-order valence-electron chi connectivity index (χ2n) is 9.77. The number of phosphoric acid groups is 2. The highest BCUT2D eigenvalue weighted by Crippen LogP contribution is 2.56. The summed E-state index contributed by atoms with van der Waals surface area (Å²) < 4.78 is 48.4. The summed E-state index contributed by atoms with van der Waals surface area (Å²) in [7, 11) is -11.3. The number of amides is 2. The van der Waals surface area contributed by atoms with E-state index in [1.54, 1.807) is 0 Å². The van der Waals surface area contributed by atoms with Crippen LogP contribution in [0.15, 0.2) is 48.1 Å². The number of nitrogens with two attached hydrogens (primary N) is 2. The van der Waals surface area contributed by atoms with Crippen LogP contribution >= 0.6 is 15.6 Å². The number of nitrogens with zero attached hydrogens (tertiary/aromatic N) is 2. The average Bonchev–Trinajstić information content (AvgIpc) is 3.40. The van der Waals surface area contributed by atoms with Crippen LogP contribution in [0, 0.1) is 0 Å². The van der Waals surface area contributed by atoms with Crippen LogP contribution in [0.4, 0.5) is 0 Å². The highest BCUT2D eigenvalue weighted by atomic mass is 31.3. The lowest BCUT2D eigenvalue weighted by Crippen LogP contribution is -2.40. The maximum absolute atomic E-state index is 12.2. The Morgan fingerprint density at radius 1 is 0.791 bits per heavy atom. The van der Waals surface area contributed by atoms with E-state index in [0.717, 1.165) is 0 Å². The Morgan fingerprint density at radius 2 is 1.16 bits per heavy atom. The average molecular weight is 652 g/mol. The Morgan fingerprint density at radius 3 is 1.51 bits per heavy atom. The van der Waals surface area contributed by atoms with Crippen LogP contribution in [-0.4, -0.2) is 104 Å². The number of carbonyl (C=O) groups excluding carboxylic acids is 2. The first kappa shape index (κ1) is 33.4. The molecule has 2 saturated heterocycles. The topological polar surface area (TPSA) is 300 Å². The minimum Gasteiger partial charge on any atom is -0.756 e. The van der Waals surface area contributed by atoms with Gasteiger partial charge in [0.1, 0.15) is 36.6 Å².